The highest BCUT2D eigenvalue weighted by atomic mass is 19.2. The summed E-state index contributed by atoms with van der Waals surface area (Å²) in [6.07, 6.45) is 1.32. The molecule has 0 amide bonds. The summed E-state index contributed by atoms with van der Waals surface area (Å²) in [5.41, 5.74) is 0.0188. The lowest BCUT2D eigenvalue weighted by Crippen LogP contribution is -2.12. The zero-order valence-electron chi connectivity index (χ0n) is 8.53. The predicted octanol–water partition coefficient (Wildman–Crippen LogP) is 3.06. The Hall–Kier alpha value is -1.10. The van der Waals surface area contributed by atoms with Crippen molar-refractivity contribution >= 4 is 0 Å². The Bertz CT molecular complexity index is 443. The van der Waals surface area contributed by atoms with Gasteiger partial charge in [-0.3, -0.25) is 4.90 Å². The molecule has 2 aliphatic heterocycles. The van der Waals surface area contributed by atoms with Crippen LogP contribution in [-0.4, -0.2) is 11.9 Å². The maximum absolute atomic E-state index is 13.6. The molecular weight excluding hydrogens is 222 g/mol. The summed E-state index contributed by atoms with van der Waals surface area (Å²) in [7, 11) is 1.72. The first-order valence-electron chi connectivity index (χ1n) is 5.11. The van der Waals surface area contributed by atoms with E-state index in [1.807, 2.05) is 0 Å². The standard InChI is InChI=1S/C11H9F4N/c1-16-4-2-3-5(16)7-6(4)8(12)10(14)11(15)9(7)13/h4-5H,2-3H2,1H3. The van der Waals surface area contributed by atoms with E-state index in [1.165, 1.54) is 0 Å². The van der Waals surface area contributed by atoms with Gasteiger partial charge in [-0.25, -0.2) is 17.6 Å². The third-order valence-corrected chi connectivity index (χ3v) is 3.70. The minimum absolute atomic E-state index is 0.00940. The van der Waals surface area contributed by atoms with E-state index < -0.39 is 23.3 Å². The number of benzene rings is 1. The van der Waals surface area contributed by atoms with Crippen LogP contribution in [0.5, 0.6) is 0 Å². The van der Waals surface area contributed by atoms with Crippen LogP contribution in [0.3, 0.4) is 0 Å². The van der Waals surface area contributed by atoms with E-state index in [0.717, 1.165) is 0 Å². The van der Waals surface area contributed by atoms with Crippen molar-refractivity contribution in [3.05, 3.63) is 34.4 Å². The van der Waals surface area contributed by atoms with Gasteiger partial charge in [0.25, 0.3) is 0 Å². The molecule has 16 heavy (non-hydrogen) atoms. The van der Waals surface area contributed by atoms with Crippen molar-refractivity contribution in [1.29, 1.82) is 0 Å². The Kier molecular flexibility index (Phi) is 1.87. The van der Waals surface area contributed by atoms with Gasteiger partial charge in [-0.2, -0.15) is 0 Å². The van der Waals surface area contributed by atoms with Gasteiger partial charge in [0.1, 0.15) is 0 Å². The van der Waals surface area contributed by atoms with Crippen LogP contribution in [0, 0.1) is 23.3 Å². The smallest absolute Gasteiger partial charge is 0.197 e. The number of hydrogen-bond donors (Lipinski definition) is 0. The molecule has 2 atom stereocenters. The molecule has 0 radical (unpaired) electrons. The van der Waals surface area contributed by atoms with Gasteiger partial charge in [-0.15, -0.1) is 0 Å². The van der Waals surface area contributed by atoms with Gasteiger partial charge < -0.3 is 0 Å². The Balaban J connectivity index is 2.35. The molecule has 0 saturated carbocycles. The first-order chi connectivity index (χ1) is 7.54. The molecule has 0 aliphatic carbocycles. The predicted molar refractivity (Wildman–Crippen MR) is 48.8 cm³/mol. The average Bonchev–Trinajstić information content (AvgIpc) is 2.77. The second kappa shape index (κ2) is 2.97. The number of nitrogens with zero attached hydrogens (tertiary/aromatic N) is 1. The number of fused-ring (bicyclic) bond motifs is 5. The summed E-state index contributed by atoms with van der Waals surface area (Å²) in [5, 5.41) is 0. The molecule has 1 nitrogen and oxygen atoms in total. The molecule has 1 saturated heterocycles. The maximum Gasteiger partial charge on any atom is 0.197 e. The Morgan fingerprint density at radius 2 is 1.19 bits per heavy atom. The van der Waals surface area contributed by atoms with Gasteiger partial charge in [-0.1, -0.05) is 0 Å². The Morgan fingerprint density at radius 3 is 1.56 bits per heavy atom. The summed E-state index contributed by atoms with van der Waals surface area (Å²) in [6.45, 7) is 0. The van der Waals surface area contributed by atoms with Crippen LogP contribution in [0.2, 0.25) is 0 Å². The third-order valence-electron chi connectivity index (χ3n) is 3.70. The highest BCUT2D eigenvalue weighted by Gasteiger charge is 2.47. The summed E-state index contributed by atoms with van der Waals surface area (Å²) >= 11 is 0. The van der Waals surface area contributed by atoms with Crippen molar-refractivity contribution < 1.29 is 17.6 Å². The SMILES string of the molecule is CN1C2CCC1c1c(F)c(F)c(F)c(F)c12. The second-order valence-electron chi connectivity index (χ2n) is 4.36. The molecule has 1 aromatic carbocycles. The number of rotatable bonds is 0. The molecule has 3 rings (SSSR count). The van der Waals surface area contributed by atoms with Gasteiger partial charge in [0, 0.05) is 23.2 Å². The second-order valence-corrected chi connectivity index (χ2v) is 4.36. The summed E-state index contributed by atoms with van der Waals surface area (Å²) in [4.78, 5) is 1.77. The minimum atomic E-state index is -1.70. The fourth-order valence-corrected chi connectivity index (χ4v) is 2.95. The van der Waals surface area contributed by atoms with Gasteiger partial charge in [0.05, 0.1) is 0 Å². The van der Waals surface area contributed by atoms with E-state index in [2.05, 4.69) is 0 Å². The van der Waals surface area contributed by atoms with Crippen LogP contribution in [0.4, 0.5) is 17.6 Å². The van der Waals surface area contributed by atoms with Gasteiger partial charge >= 0.3 is 0 Å². The minimum Gasteiger partial charge on any atom is -0.292 e. The van der Waals surface area contributed by atoms with Crippen molar-refractivity contribution in [3.8, 4) is 0 Å². The van der Waals surface area contributed by atoms with E-state index in [-0.39, 0.29) is 23.2 Å². The largest absolute Gasteiger partial charge is 0.292 e. The van der Waals surface area contributed by atoms with Crippen molar-refractivity contribution in [2.24, 2.45) is 0 Å². The van der Waals surface area contributed by atoms with Crippen molar-refractivity contribution in [3.63, 3.8) is 0 Å². The third kappa shape index (κ3) is 0.948. The lowest BCUT2D eigenvalue weighted by Gasteiger charge is -2.15. The quantitative estimate of drug-likeness (QED) is 0.377. The molecule has 86 valence electrons. The van der Waals surface area contributed by atoms with E-state index in [1.54, 1.807) is 11.9 Å². The van der Waals surface area contributed by atoms with E-state index in [0.29, 0.717) is 12.8 Å². The molecule has 1 fully saturated rings. The summed E-state index contributed by atoms with van der Waals surface area (Å²) < 4.78 is 53.3. The highest BCUT2D eigenvalue weighted by molar-refractivity contribution is 5.43. The fraction of sp³-hybridized carbons (Fsp3) is 0.455. The Morgan fingerprint density at radius 1 is 0.812 bits per heavy atom. The molecule has 2 unspecified atom stereocenters. The van der Waals surface area contributed by atoms with Crippen LogP contribution < -0.4 is 0 Å². The van der Waals surface area contributed by atoms with Crippen molar-refractivity contribution in [2.45, 2.75) is 24.9 Å². The molecule has 0 N–H and O–H groups in total. The number of hydrogen-bond acceptors (Lipinski definition) is 1. The topological polar surface area (TPSA) is 3.24 Å². The van der Waals surface area contributed by atoms with Crippen LogP contribution >= 0.6 is 0 Å². The van der Waals surface area contributed by atoms with Crippen molar-refractivity contribution in [1.82, 2.24) is 4.90 Å². The van der Waals surface area contributed by atoms with E-state index >= 15 is 0 Å². The molecule has 1 aromatic rings. The number of halogens is 4. The fourth-order valence-electron chi connectivity index (χ4n) is 2.95. The lowest BCUT2D eigenvalue weighted by molar-refractivity contribution is 0.275. The van der Waals surface area contributed by atoms with Crippen LogP contribution in [-0.2, 0) is 0 Å². The monoisotopic (exact) mass is 231 g/mol. The molecule has 0 aromatic heterocycles. The highest BCUT2D eigenvalue weighted by Crippen LogP contribution is 2.54. The normalized spacial score (nSPS) is 27.6. The van der Waals surface area contributed by atoms with E-state index in [9.17, 15) is 17.6 Å². The first-order valence-corrected chi connectivity index (χ1v) is 5.11. The van der Waals surface area contributed by atoms with Crippen LogP contribution in [0.1, 0.15) is 36.1 Å². The Labute approximate surface area is 89.7 Å². The molecular formula is C11H9F4N. The van der Waals surface area contributed by atoms with Gasteiger partial charge in [0.15, 0.2) is 23.3 Å². The lowest BCUT2D eigenvalue weighted by atomic mass is 9.90. The molecule has 2 bridgehead atoms. The first kappa shape index (κ1) is 10.1. The van der Waals surface area contributed by atoms with Gasteiger partial charge in [0.2, 0.25) is 0 Å². The average molecular weight is 231 g/mol. The van der Waals surface area contributed by atoms with Crippen molar-refractivity contribution in [2.75, 3.05) is 7.05 Å². The van der Waals surface area contributed by atoms with Gasteiger partial charge in [-0.05, 0) is 19.9 Å². The summed E-state index contributed by atoms with van der Waals surface area (Å²) in [6, 6.07) is -0.630. The van der Waals surface area contributed by atoms with Crippen LogP contribution in [0.25, 0.3) is 0 Å². The summed E-state index contributed by atoms with van der Waals surface area (Å²) in [5.74, 6) is -5.85. The van der Waals surface area contributed by atoms with Crippen LogP contribution in [0.15, 0.2) is 0 Å². The maximum atomic E-state index is 13.6. The molecule has 2 aliphatic rings. The zero-order valence-corrected chi connectivity index (χ0v) is 8.53. The molecule has 5 heteroatoms. The zero-order chi connectivity index (χ0) is 11.6. The molecule has 0 spiro atoms. The van der Waals surface area contributed by atoms with E-state index in [4.69, 9.17) is 0 Å². The molecule has 2 heterocycles.